The lowest BCUT2D eigenvalue weighted by Crippen LogP contribution is -2.51. The Bertz CT molecular complexity index is 529. The van der Waals surface area contributed by atoms with Crippen molar-refractivity contribution in [2.24, 2.45) is 0 Å². The van der Waals surface area contributed by atoms with Crippen LogP contribution in [0.3, 0.4) is 0 Å². The van der Waals surface area contributed by atoms with Crippen LogP contribution in [0, 0.1) is 0 Å². The van der Waals surface area contributed by atoms with Gasteiger partial charge in [0.15, 0.2) is 0 Å². The van der Waals surface area contributed by atoms with Crippen LogP contribution in [-0.2, 0) is 11.2 Å². The number of piperidine rings is 1. The van der Waals surface area contributed by atoms with Gasteiger partial charge in [0.25, 0.3) is 0 Å². The van der Waals surface area contributed by atoms with Crippen LogP contribution >= 0.6 is 0 Å². The molecule has 3 N–H and O–H groups in total. The maximum absolute atomic E-state index is 12.8. The van der Waals surface area contributed by atoms with Crippen LogP contribution in [0.25, 0.3) is 0 Å². The Hall–Kier alpha value is -1.55. The molecule has 0 radical (unpaired) electrons. The molecule has 1 aliphatic rings. The van der Waals surface area contributed by atoms with E-state index in [0.717, 1.165) is 42.7 Å². The van der Waals surface area contributed by atoms with Gasteiger partial charge in [0.05, 0.1) is 6.04 Å². The van der Waals surface area contributed by atoms with E-state index in [1.54, 1.807) is 0 Å². The molecule has 2 rings (SSSR count). The number of aryl methyl sites for hydroxylation is 1. The molecule has 1 aromatic rings. The summed E-state index contributed by atoms with van der Waals surface area (Å²) >= 11 is 0. The second kappa shape index (κ2) is 8.34. The Labute approximate surface area is 140 Å². The summed E-state index contributed by atoms with van der Waals surface area (Å²) in [5.74, 6) is 0.0940. The topological polar surface area (TPSA) is 58.4 Å². The largest absolute Gasteiger partial charge is 0.398 e. The molecule has 1 aromatic carbocycles. The van der Waals surface area contributed by atoms with Crippen molar-refractivity contribution in [1.82, 2.24) is 4.90 Å². The summed E-state index contributed by atoms with van der Waals surface area (Å²) in [6.07, 6.45) is 6.54. The fourth-order valence-corrected chi connectivity index (χ4v) is 3.66. The molecule has 0 saturated carbocycles. The van der Waals surface area contributed by atoms with Gasteiger partial charge in [0.2, 0.25) is 5.91 Å². The molecule has 1 saturated heterocycles. The van der Waals surface area contributed by atoms with E-state index in [4.69, 9.17) is 5.73 Å². The quantitative estimate of drug-likeness (QED) is 0.784. The summed E-state index contributed by atoms with van der Waals surface area (Å²) in [7, 11) is 0. The van der Waals surface area contributed by atoms with Crippen molar-refractivity contribution >= 4 is 17.3 Å². The molecule has 1 aliphatic heterocycles. The van der Waals surface area contributed by atoms with E-state index in [2.05, 4.69) is 31.0 Å². The van der Waals surface area contributed by atoms with Crippen LogP contribution in [0.2, 0.25) is 0 Å². The lowest BCUT2D eigenvalue weighted by atomic mass is 9.96. The first-order valence-corrected chi connectivity index (χ1v) is 9.05. The number of nitrogens with two attached hydrogens (primary N) is 1. The molecular formula is C19H31N3O. The van der Waals surface area contributed by atoms with E-state index < -0.39 is 0 Å². The summed E-state index contributed by atoms with van der Waals surface area (Å²) in [4.78, 5) is 15.2. The summed E-state index contributed by atoms with van der Waals surface area (Å²) in [5, 5.41) is 3.07. The van der Waals surface area contributed by atoms with Crippen LogP contribution < -0.4 is 11.1 Å². The minimum absolute atomic E-state index is 0.0488. The van der Waals surface area contributed by atoms with E-state index in [1.807, 2.05) is 18.2 Å². The number of amides is 1. The molecular weight excluding hydrogens is 286 g/mol. The predicted molar refractivity (Wildman–Crippen MR) is 97.6 cm³/mol. The zero-order valence-electron chi connectivity index (χ0n) is 14.8. The Morgan fingerprint density at radius 2 is 2.13 bits per heavy atom. The molecule has 1 fully saturated rings. The van der Waals surface area contributed by atoms with Gasteiger partial charge in [-0.3, -0.25) is 9.69 Å². The number of carbonyl (C=O) groups excluding carboxylic acids is 1. The monoisotopic (exact) mass is 317 g/mol. The smallest absolute Gasteiger partial charge is 0.241 e. The van der Waals surface area contributed by atoms with Crippen LogP contribution in [-0.4, -0.2) is 29.4 Å². The van der Waals surface area contributed by atoms with Crippen LogP contribution in [0.15, 0.2) is 18.2 Å². The number of nitrogens with one attached hydrogen (secondary N) is 1. The Balaban J connectivity index is 2.09. The summed E-state index contributed by atoms with van der Waals surface area (Å²) in [6, 6.07) is 6.31. The number of carbonyl (C=O) groups is 1. The predicted octanol–water partition coefficient (Wildman–Crippen LogP) is 3.81. The highest BCUT2D eigenvalue weighted by atomic mass is 16.2. The summed E-state index contributed by atoms with van der Waals surface area (Å²) in [5.41, 5.74) is 8.72. The van der Waals surface area contributed by atoms with Gasteiger partial charge in [-0.05, 0) is 56.3 Å². The molecule has 23 heavy (non-hydrogen) atoms. The standard InChI is InChI=1S/C19H31N3O/c1-4-14-10-11-15(13-17(14)20)21-19(23)18(6-3)22-12-8-7-9-16(22)5-2/h10-11,13,16,18H,4-9,12,20H2,1-3H3,(H,21,23). The fourth-order valence-electron chi connectivity index (χ4n) is 3.66. The van der Waals surface area contributed by atoms with Gasteiger partial charge in [0, 0.05) is 17.4 Å². The van der Waals surface area contributed by atoms with Crippen molar-refractivity contribution in [3.8, 4) is 0 Å². The Morgan fingerprint density at radius 3 is 2.74 bits per heavy atom. The minimum atomic E-state index is -0.0488. The molecule has 0 spiro atoms. The Kier molecular flexibility index (Phi) is 6.46. The molecule has 1 heterocycles. The second-order valence-corrected chi connectivity index (χ2v) is 6.48. The lowest BCUT2D eigenvalue weighted by Gasteiger charge is -2.40. The number of likely N-dealkylation sites (tertiary alicyclic amines) is 1. The number of nitrogens with zero attached hydrogens (tertiary/aromatic N) is 1. The first-order chi connectivity index (χ1) is 11.1. The van der Waals surface area contributed by atoms with E-state index in [0.29, 0.717) is 6.04 Å². The van der Waals surface area contributed by atoms with Crippen molar-refractivity contribution in [2.45, 2.75) is 71.4 Å². The van der Waals surface area contributed by atoms with Gasteiger partial charge < -0.3 is 11.1 Å². The second-order valence-electron chi connectivity index (χ2n) is 6.48. The van der Waals surface area contributed by atoms with Crippen molar-refractivity contribution < 1.29 is 4.79 Å². The first-order valence-electron chi connectivity index (χ1n) is 9.05. The fraction of sp³-hybridized carbons (Fsp3) is 0.632. The van der Waals surface area contributed by atoms with Crippen molar-refractivity contribution in [2.75, 3.05) is 17.6 Å². The number of anilines is 2. The maximum atomic E-state index is 12.8. The van der Waals surface area contributed by atoms with Gasteiger partial charge in [-0.1, -0.05) is 33.3 Å². The molecule has 0 aliphatic carbocycles. The van der Waals surface area contributed by atoms with Crippen molar-refractivity contribution in [3.05, 3.63) is 23.8 Å². The zero-order valence-corrected chi connectivity index (χ0v) is 14.8. The van der Waals surface area contributed by atoms with Gasteiger partial charge in [-0.25, -0.2) is 0 Å². The molecule has 128 valence electrons. The van der Waals surface area contributed by atoms with Gasteiger partial charge >= 0.3 is 0 Å². The number of nitrogen functional groups attached to an aromatic ring is 1. The van der Waals surface area contributed by atoms with Crippen LogP contribution in [0.5, 0.6) is 0 Å². The van der Waals surface area contributed by atoms with E-state index in [9.17, 15) is 4.79 Å². The lowest BCUT2D eigenvalue weighted by molar-refractivity contribution is -0.123. The van der Waals surface area contributed by atoms with E-state index in [1.165, 1.54) is 19.3 Å². The van der Waals surface area contributed by atoms with Gasteiger partial charge in [0.1, 0.15) is 0 Å². The van der Waals surface area contributed by atoms with Crippen molar-refractivity contribution in [1.29, 1.82) is 0 Å². The number of benzene rings is 1. The van der Waals surface area contributed by atoms with Gasteiger partial charge in [-0.15, -0.1) is 0 Å². The molecule has 2 atom stereocenters. The third-order valence-corrected chi connectivity index (χ3v) is 5.03. The SMILES string of the molecule is CCc1ccc(NC(=O)C(CC)N2CCCCC2CC)cc1N. The van der Waals surface area contributed by atoms with Crippen LogP contribution in [0.4, 0.5) is 11.4 Å². The average Bonchev–Trinajstić information content (AvgIpc) is 2.56. The molecule has 4 nitrogen and oxygen atoms in total. The molecule has 1 amide bonds. The highest BCUT2D eigenvalue weighted by Gasteiger charge is 2.31. The minimum Gasteiger partial charge on any atom is -0.398 e. The molecule has 0 aromatic heterocycles. The number of hydrogen-bond acceptors (Lipinski definition) is 3. The third kappa shape index (κ3) is 4.25. The zero-order chi connectivity index (χ0) is 16.8. The normalized spacial score (nSPS) is 20.2. The van der Waals surface area contributed by atoms with Crippen molar-refractivity contribution in [3.63, 3.8) is 0 Å². The number of hydrogen-bond donors (Lipinski definition) is 2. The Morgan fingerprint density at radius 1 is 1.35 bits per heavy atom. The van der Waals surface area contributed by atoms with Gasteiger partial charge in [-0.2, -0.15) is 0 Å². The number of rotatable bonds is 6. The first kappa shape index (κ1) is 17.8. The molecule has 4 heteroatoms. The van der Waals surface area contributed by atoms with Crippen LogP contribution in [0.1, 0.15) is 58.4 Å². The average molecular weight is 317 g/mol. The van der Waals surface area contributed by atoms with E-state index >= 15 is 0 Å². The van der Waals surface area contributed by atoms with E-state index in [-0.39, 0.29) is 11.9 Å². The summed E-state index contributed by atoms with van der Waals surface area (Å²) < 4.78 is 0. The highest BCUT2D eigenvalue weighted by molar-refractivity contribution is 5.95. The maximum Gasteiger partial charge on any atom is 0.241 e. The summed E-state index contributed by atoms with van der Waals surface area (Å²) in [6.45, 7) is 7.43. The molecule has 2 unspecified atom stereocenters. The highest BCUT2D eigenvalue weighted by Crippen LogP contribution is 2.25. The molecule has 0 bridgehead atoms. The third-order valence-electron chi connectivity index (χ3n) is 5.03.